The first kappa shape index (κ1) is 18.9. The summed E-state index contributed by atoms with van der Waals surface area (Å²) in [5.41, 5.74) is 3.05. The van der Waals surface area contributed by atoms with Gasteiger partial charge in [0.1, 0.15) is 5.75 Å². The van der Waals surface area contributed by atoms with Crippen molar-refractivity contribution in [1.82, 2.24) is 19.5 Å². The Morgan fingerprint density at radius 1 is 1.14 bits per heavy atom. The highest BCUT2D eigenvalue weighted by Gasteiger charge is 2.14. The second-order valence-corrected chi connectivity index (χ2v) is 6.69. The molecule has 146 valence electrons. The highest BCUT2D eigenvalue weighted by Crippen LogP contribution is 2.26. The number of aromatic nitrogens is 4. The Morgan fingerprint density at radius 2 is 1.97 bits per heavy atom. The van der Waals surface area contributed by atoms with E-state index in [1.54, 1.807) is 31.5 Å². The molecule has 7 nitrogen and oxygen atoms in total. The number of esters is 1. The van der Waals surface area contributed by atoms with Crippen molar-refractivity contribution in [3.05, 3.63) is 71.8 Å². The van der Waals surface area contributed by atoms with Crippen LogP contribution in [0.25, 0.3) is 11.2 Å². The quantitative estimate of drug-likeness (QED) is 0.286. The molecule has 0 aliphatic carbocycles. The Balaban J connectivity index is 1.65. The van der Waals surface area contributed by atoms with E-state index in [1.165, 1.54) is 0 Å². The Morgan fingerprint density at radius 3 is 2.76 bits per heavy atom. The van der Waals surface area contributed by atoms with Crippen LogP contribution in [0.5, 0.6) is 5.75 Å². The van der Waals surface area contributed by atoms with Crippen LogP contribution in [0.1, 0.15) is 18.9 Å². The summed E-state index contributed by atoms with van der Waals surface area (Å²) in [6, 6.07) is 17.1. The van der Waals surface area contributed by atoms with E-state index in [4.69, 9.17) is 16.3 Å². The highest BCUT2D eigenvalue weighted by atomic mass is 35.5. The minimum Gasteiger partial charge on any atom is -0.426 e. The Labute approximate surface area is 172 Å². The van der Waals surface area contributed by atoms with Crippen LogP contribution in [-0.4, -0.2) is 25.5 Å². The molecule has 0 radical (unpaired) electrons. The number of hydrogen-bond acceptors (Lipinski definition) is 6. The van der Waals surface area contributed by atoms with Gasteiger partial charge in [0.25, 0.3) is 0 Å². The summed E-state index contributed by atoms with van der Waals surface area (Å²) in [6.07, 6.45) is 2.02. The summed E-state index contributed by atoms with van der Waals surface area (Å²) >= 11 is 6.17. The number of hydrogen-bond donors (Lipinski definition) is 1. The molecule has 0 fully saturated rings. The van der Waals surface area contributed by atoms with Crippen LogP contribution in [0.15, 0.2) is 60.9 Å². The van der Waals surface area contributed by atoms with Gasteiger partial charge in [0.15, 0.2) is 17.0 Å². The molecule has 4 aromatic rings. The minimum atomic E-state index is -0.297. The van der Waals surface area contributed by atoms with Crippen LogP contribution in [0, 0.1) is 0 Å². The zero-order chi connectivity index (χ0) is 20.2. The zero-order valence-corrected chi connectivity index (χ0v) is 16.4. The topological polar surface area (TPSA) is 81.9 Å². The van der Waals surface area contributed by atoms with Crippen LogP contribution >= 0.6 is 11.6 Å². The smallest absolute Gasteiger partial charge is 0.310 e. The molecule has 2 aromatic carbocycles. The van der Waals surface area contributed by atoms with Crippen molar-refractivity contribution < 1.29 is 9.53 Å². The molecule has 29 heavy (non-hydrogen) atoms. The van der Waals surface area contributed by atoms with Gasteiger partial charge in [-0.25, -0.2) is 4.98 Å². The van der Waals surface area contributed by atoms with Gasteiger partial charge in [0, 0.05) is 18.2 Å². The number of halogens is 1. The number of benzene rings is 2. The van der Waals surface area contributed by atoms with E-state index in [2.05, 4.69) is 20.3 Å². The average molecular weight is 408 g/mol. The number of fused-ring (bicyclic) bond motifs is 1. The molecule has 0 amide bonds. The summed E-state index contributed by atoms with van der Waals surface area (Å²) < 4.78 is 7.19. The van der Waals surface area contributed by atoms with Gasteiger partial charge in [-0.2, -0.15) is 9.97 Å². The molecule has 4 rings (SSSR count). The summed E-state index contributed by atoms with van der Waals surface area (Å²) in [4.78, 5) is 24.6. The van der Waals surface area contributed by atoms with E-state index in [-0.39, 0.29) is 11.3 Å². The first-order valence-electron chi connectivity index (χ1n) is 9.12. The SMILES string of the molecule is CCC(=O)Oc1cccc(Nc2nc(Cl)nc3c2ncn3Cc2ccccc2)c1. The van der Waals surface area contributed by atoms with Gasteiger partial charge >= 0.3 is 5.97 Å². The van der Waals surface area contributed by atoms with Crippen molar-refractivity contribution >= 4 is 40.2 Å². The molecule has 0 saturated carbocycles. The fourth-order valence-corrected chi connectivity index (χ4v) is 3.04. The summed E-state index contributed by atoms with van der Waals surface area (Å²) in [5.74, 6) is 0.632. The first-order chi connectivity index (χ1) is 14.1. The number of carbonyl (C=O) groups is 1. The lowest BCUT2D eigenvalue weighted by molar-refractivity contribution is -0.134. The van der Waals surface area contributed by atoms with Gasteiger partial charge in [-0.3, -0.25) is 4.79 Å². The lowest BCUT2D eigenvalue weighted by atomic mass is 10.2. The molecule has 0 spiro atoms. The predicted molar refractivity (Wildman–Crippen MR) is 112 cm³/mol. The van der Waals surface area contributed by atoms with Gasteiger partial charge in [0.2, 0.25) is 5.28 Å². The van der Waals surface area contributed by atoms with Gasteiger partial charge in [-0.05, 0) is 29.3 Å². The van der Waals surface area contributed by atoms with E-state index in [1.807, 2.05) is 41.0 Å². The molecule has 1 N–H and O–H groups in total. The lowest BCUT2D eigenvalue weighted by Gasteiger charge is -2.09. The maximum atomic E-state index is 11.5. The van der Waals surface area contributed by atoms with Gasteiger partial charge < -0.3 is 14.6 Å². The molecule has 0 aliphatic heterocycles. The maximum Gasteiger partial charge on any atom is 0.310 e. The van der Waals surface area contributed by atoms with Crippen molar-refractivity contribution in [2.45, 2.75) is 19.9 Å². The lowest BCUT2D eigenvalue weighted by Crippen LogP contribution is -2.05. The van der Waals surface area contributed by atoms with Gasteiger partial charge in [0.05, 0.1) is 12.9 Å². The number of imidazole rings is 1. The number of ether oxygens (including phenoxy) is 1. The van der Waals surface area contributed by atoms with Crippen molar-refractivity contribution in [1.29, 1.82) is 0 Å². The second-order valence-electron chi connectivity index (χ2n) is 6.35. The number of nitrogens with one attached hydrogen (secondary N) is 1. The molecule has 8 heteroatoms. The van der Waals surface area contributed by atoms with E-state index in [0.29, 0.717) is 41.4 Å². The van der Waals surface area contributed by atoms with E-state index in [9.17, 15) is 4.79 Å². The van der Waals surface area contributed by atoms with Crippen LogP contribution in [0.4, 0.5) is 11.5 Å². The maximum absolute atomic E-state index is 11.5. The third-order valence-electron chi connectivity index (χ3n) is 4.25. The first-order valence-corrected chi connectivity index (χ1v) is 9.50. The Bertz CT molecular complexity index is 1160. The summed E-state index contributed by atoms with van der Waals surface area (Å²) in [6.45, 7) is 2.36. The molecule has 0 unspecified atom stereocenters. The molecular formula is C21H18ClN5O2. The third kappa shape index (κ3) is 4.35. The van der Waals surface area contributed by atoms with Crippen molar-refractivity contribution in [2.75, 3.05) is 5.32 Å². The van der Waals surface area contributed by atoms with Crippen molar-refractivity contribution in [3.63, 3.8) is 0 Å². The fourth-order valence-electron chi connectivity index (χ4n) is 2.88. The van der Waals surface area contributed by atoms with E-state index >= 15 is 0 Å². The monoisotopic (exact) mass is 407 g/mol. The second kappa shape index (κ2) is 8.28. The fraction of sp³-hybridized carbons (Fsp3) is 0.143. The third-order valence-corrected chi connectivity index (χ3v) is 4.42. The largest absolute Gasteiger partial charge is 0.426 e. The molecule has 2 heterocycles. The zero-order valence-electron chi connectivity index (χ0n) is 15.7. The standard InChI is InChI=1S/C21H18ClN5O2/c1-2-17(28)29-16-10-6-9-15(11-16)24-19-18-20(26-21(22)25-19)27(13-23-18)12-14-7-4-3-5-8-14/h3-11,13H,2,12H2,1H3,(H,24,25,26). The summed E-state index contributed by atoms with van der Waals surface area (Å²) in [7, 11) is 0. The molecular weight excluding hydrogens is 390 g/mol. The summed E-state index contributed by atoms with van der Waals surface area (Å²) in [5, 5.41) is 3.31. The van der Waals surface area contributed by atoms with E-state index in [0.717, 1.165) is 5.56 Å². The molecule has 0 saturated heterocycles. The van der Waals surface area contributed by atoms with Gasteiger partial charge in [-0.1, -0.05) is 43.3 Å². The molecule has 0 bridgehead atoms. The number of anilines is 2. The number of rotatable bonds is 6. The average Bonchev–Trinajstić information content (AvgIpc) is 3.11. The predicted octanol–water partition coefficient (Wildman–Crippen LogP) is 4.59. The highest BCUT2D eigenvalue weighted by molar-refractivity contribution is 6.28. The Hall–Kier alpha value is -3.45. The van der Waals surface area contributed by atoms with Crippen LogP contribution in [0.2, 0.25) is 5.28 Å². The van der Waals surface area contributed by atoms with Crippen LogP contribution < -0.4 is 10.1 Å². The molecule has 0 atom stereocenters. The number of carbonyl (C=O) groups excluding carboxylic acids is 1. The number of nitrogens with zero attached hydrogens (tertiary/aromatic N) is 4. The van der Waals surface area contributed by atoms with E-state index < -0.39 is 0 Å². The van der Waals surface area contributed by atoms with Crippen molar-refractivity contribution in [3.8, 4) is 5.75 Å². The Kier molecular flexibility index (Phi) is 5.39. The minimum absolute atomic E-state index is 0.114. The molecule has 2 aromatic heterocycles. The van der Waals surface area contributed by atoms with Crippen LogP contribution in [-0.2, 0) is 11.3 Å². The van der Waals surface area contributed by atoms with Crippen molar-refractivity contribution in [2.24, 2.45) is 0 Å². The molecule has 0 aliphatic rings. The van der Waals surface area contributed by atoms with Gasteiger partial charge in [-0.15, -0.1) is 0 Å². The normalized spacial score (nSPS) is 10.8. The van der Waals surface area contributed by atoms with Crippen LogP contribution in [0.3, 0.4) is 0 Å².